The number of carbonyl (C=O) groups is 2. The van der Waals surface area contributed by atoms with E-state index in [2.05, 4.69) is 0 Å². The summed E-state index contributed by atoms with van der Waals surface area (Å²) >= 11 is 0. The Morgan fingerprint density at radius 1 is 1.35 bits per heavy atom. The second kappa shape index (κ2) is 6.41. The van der Waals surface area contributed by atoms with Gasteiger partial charge in [-0.2, -0.15) is 0 Å². The van der Waals surface area contributed by atoms with Crippen LogP contribution in [-0.2, 0) is 11.3 Å². The van der Waals surface area contributed by atoms with Crippen molar-refractivity contribution >= 4 is 12.0 Å². The van der Waals surface area contributed by atoms with Crippen LogP contribution in [0.3, 0.4) is 0 Å². The molecule has 1 N–H and O–H groups in total. The van der Waals surface area contributed by atoms with Gasteiger partial charge in [-0.1, -0.05) is 30.3 Å². The zero-order chi connectivity index (χ0) is 14.5. The number of piperidine rings is 1. The molecule has 0 saturated carbocycles. The summed E-state index contributed by atoms with van der Waals surface area (Å²) in [7, 11) is 1.75. The summed E-state index contributed by atoms with van der Waals surface area (Å²) in [5.41, 5.74) is 1.06. The molecule has 108 valence electrons. The smallest absolute Gasteiger partial charge is 0.320 e. The molecule has 0 aromatic heterocycles. The fraction of sp³-hybridized carbons (Fsp3) is 0.467. The molecule has 1 aliphatic rings. The van der Waals surface area contributed by atoms with E-state index in [1.54, 1.807) is 16.8 Å². The number of nitrogens with zero attached hydrogens (tertiary/aromatic N) is 2. The number of likely N-dealkylation sites (tertiary alicyclic amines) is 1. The van der Waals surface area contributed by atoms with Crippen molar-refractivity contribution in [1.29, 1.82) is 0 Å². The number of aliphatic carboxylic acids is 1. The first-order valence-electron chi connectivity index (χ1n) is 6.84. The average Bonchev–Trinajstić information content (AvgIpc) is 2.47. The lowest BCUT2D eigenvalue weighted by atomic mass is 9.99. The van der Waals surface area contributed by atoms with Crippen LogP contribution in [0, 0.1) is 5.92 Å². The highest BCUT2D eigenvalue weighted by Gasteiger charge is 2.29. The van der Waals surface area contributed by atoms with E-state index in [0.717, 1.165) is 12.0 Å². The molecule has 0 bridgehead atoms. The normalized spacial score (nSPS) is 18.6. The zero-order valence-corrected chi connectivity index (χ0v) is 11.7. The highest BCUT2D eigenvalue weighted by molar-refractivity contribution is 5.76. The number of benzene rings is 1. The Bertz CT molecular complexity index is 475. The molecule has 5 nitrogen and oxygen atoms in total. The molecule has 1 fully saturated rings. The van der Waals surface area contributed by atoms with Crippen LogP contribution in [0.5, 0.6) is 0 Å². The molecule has 0 radical (unpaired) electrons. The van der Waals surface area contributed by atoms with Gasteiger partial charge in [-0.15, -0.1) is 0 Å². The van der Waals surface area contributed by atoms with Gasteiger partial charge in [0.05, 0.1) is 5.92 Å². The van der Waals surface area contributed by atoms with Gasteiger partial charge >= 0.3 is 12.0 Å². The maximum absolute atomic E-state index is 12.3. The Hall–Kier alpha value is -2.04. The van der Waals surface area contributed by atoms with E-state index in [-0.39, 0.29) is 6.03 Å². The number of carboxylic acids is 1. The van der Waals surface area contributed by atoms with Crippen molar-refractivity contribution in [3.05, 3.63) is 35.9 Å². The van der Waals surface area contributed by atoms with Crippen LogP contribution >= 0.6 is 0 Å². The van der Waals surface area contributed by atoms with Gasteiger partial charge in [0.2, 0.25) is 0 Å². The number of urea groups is 1. The Kier molecular flexibility index (Phi) is 4.61. The third-order valence-corrected chi connectivity index (χ3v) is 3.63. The molecular weight excluding hydrogens is 256 g/mol. The highest BCUT2D eigenvalue weighted by atomic mass is 16.4. The van der Waals surface area contributed by atoms with E-state index in [1.165, 1.54) is 0 Å². The summed E-state index contributed by atoms with van der Waals surface area (Å²) in [4.78, 5) is 26.6. The lowest BCUT2D eigenvalue weighted by Crippen LogP contribution is -2.47. The number of rotatable bonds is 3. The van der Waals surface area contributed by atoms with E-state index < -0.39 is 11.9 Å². The monoisotopic (exact) mass is 276 g/mol. The van der Waals surface area contributed by atoms with Gasteiger partial charge in [0.1, 0.15) is 0 Å². The summed E-state index contributed by atoms with van der Waals surface area (Å²) in [6.45, 7) is 1.49. The predicted molar refractivity (Wildman–Crippen MR) is 75.2 cm³/mol. The van der Waals surface area contributed by atoms with Crippen LogP contribution in [0.4, 0.5) is 4.79 Å². The van der Waals surface area contributed by atoms with Gasteiger partial charge in [0.15, 0.2) is 0 Å². The fourth-order valence-electron chi connectivity index (χ4n) is 2.52. The predicted octanol–water partition coefficient (Wildman–Crippen LogP) is 2.04. The van der Waals surface area contributed by atoms with Crippen LogP contribution in [0.25, 0.3) is 0 Å². The maximum Gasteiger partial charge on any atom is 0.320 e. The van der Waals surface area contributed by atoms with Crippen molar-refractivity contribution in [2.45, 2.75) is 19.4 Å². The number of hydrogen-bond donors (Lipinski definition) is 1. The van der Waals surface area contributed by atoms with Crippen LogP contribution in [0.2, 0.25) is 0 Å². The minimum atomic E-state index is -0.812. The largest absolute Gasteiger partial charge is 0.481 e. The van der Waals surface area contributed by atoms with Crippen molar-refractivity contribution in [1.82, 2.24) is 9.80 Å². The first-order chi connectivity index (χ1) is 9.58. The molecule has 1 atom stereocenters. The van der Waals surface area contributed by atoms with Gasteiger partial charge in [-0.25, -0.2) is 4.79 Å². The minimum absolute atomic E-state index is 0.0974. The summed E-state index contributed by atoms with van der Waals surface area (Å²) in [5.74, 6) is -1.24. The molecule has 1 aromatic carbocycles. The van der Waals surface area contributed by atoms with Crippen LogP contribution in [0.1, 0.15) is 18.4 Å². The van der Waals surface area contributed by atoms with Gasteiger partial charge in [0.25, 0.3) is 0 Å². The summed E-state index contributed by atoms with van der Waals surface area (Å²) < 4.78 is 0. The summed E-state index contributed by atoms with van der Waals surface area (Å²) in [5, 5.41) is 9.06. The number of amides is 2. The molecule has 1 unspecified atom stereocenters. The van der Waals surface area contributed by atoms with E-state index in [9.17, 15) is 9.59 Å². The van der Waals surface area contributed by atoms with Crippen molar-refractivity contribution in [2.24, 2.45) is 5.92 Å². The second-order valence-electron chi connectivity index (χ2n) is 5.25. The first-order valence-corrected chi connectivity index (χ1v) is 6.84. The molecule has 1 saturated heterocycles. The number of carboxylic acid groups (broad SMARTS) is 1. The Labute approximate surface area is 118 Å². The van der Waals surface area contributed by atoms with Crippen LogP contribution in [-0.4, -0.2) is 47.0 Å². The Morgan fingerprint density at radius 2 is 2.05 bits per heavy atom. The highest BCUT2D eigenvalue weighted by Crippen LogP contribution is 2.18. The lowest BCUT2D eigenvalue weighted by Gasteiger charge is -2.33. The third-order valence-electron chi connectivity index (χ3n) is 3.63. The second-order valence-corrected chi connectivity index (χ2v) is 5.25. The van der Waals surface area contributed by atoms with Crippen molar-refractivity contribution < 1.29 is 14.7 Å². The van der Waals surface area contributed by atoms with Gasteiger partial charge < -0.3 is 14.9 Å². The van der Waals surface area contributed by atoms with E-state index in [1.807, 2.05) is 30.3 Å². The standard InChI is InChI=1S/C15H20N2O3/c1-16(10-12-6-3-2-4-7-12)15(20)17-9-5-8-13(11-17)14(18)19/h2-4,6-7,13H,5,8-11H2,1H3,(H,18,19). The van der Waals surface area contributed by atoms with Crippen LogP contribution < -0.4 is 0 Å². The molecular formula is C15H20N2O3. The molecule has 0 spiro atoms. The molecule has 5 heteroatoms. The van der Waals surface area contributed by atoms with Crippen LogP contribution in [0.15, 0.2) is 30.3 Å². The minimum Gasteiger partial charge on any atom is -0.481 e. The number of hydrogen-bond acceptors (Lipinski definition) is 2. The molecule has 2 rings (SSSR count). The van der Waals surface area contributed by atoms with Gasteiger partial charge in [-0.3, -0.25) is 4.79 Å². The number of carbonyl (C=O) groups excluding carboxylic acids is 1. The Balaban J connectivity index is 1.94. The van der Waals surface area contributed by atoms with Crippen molar-refractivity contribution in [2.75, 3.05) is 20.1 Å². The maximum atomic E-state index is 12.3. The zero-order valence-electron chi connectivity index (χ0n) is 11.7. The topological polar surface area (TPSA) is 60.9 Å². The SMILES string of the molecule is CN(Cc1ccccc1)C(=O)N1CCCC(C(=O)O)C1. The van der Waals surface area contributed by atoms with Gasteiger partial charge in [0, 0.05) is 26.7 Å². The van der Waals surface area contributed by atoms with Crippen molar-refractivity contribution in [3.8, 4) is 0 Å². The quantitative estimate of drug-likeness (QED) is 0.919. The van der Waals surface area contributed by atoms with E-state index in [0.29, 0.717) is 26.1 Å². The third kappa shape index (κ3) is 3.50. The van der Waals surface area contributed by atoms with E-state index in [4.69, 9.17) is 5.11 Å². The Morgan fingerprint density at radius 3 is 2.70 bits per heavy atom. The summed E-state index contributed by atoms with van der Waals surface area (Å²) in [6.07, 6.45) is 1.41. The van der Waals surface area contributed by atoms with Gasteiger partial charge in [-0.05, 0) is 18.4 Å². The molecule has 1 heterocycles. The molecule has 0 aliphatic carbocycles. The molecule has 1 aromatic rings. The first kappa shape index (κ1) is 14.4. The lowest BCUT2D eigenvalue weighted by molar-refractivity contribution is -0.143. The van der Waals surface area contributed by atoms with Crippen molar-refractivity contribution in [3.63, 3.8) is 0 Å². The fourth-order valence-corrected chi connectivity index (χ4v) is 2.52. The molecule has 2 amide bonds. The average molecular weight is 276 g/mol. The molecule has 20 heavy (non-hydrogen) atoms. The van der Waals surface area contributed by atoms with E-state index >= 15 is 0 Å². The molecule has 1 aliphatic heterocycles. The summed E-state index contributed by atoms with van der Waals surface area (Å²) in [6, 6.07) is 9.66.